The van der Waals surface area contributed by atoms with E-state index in [9.17, 15) is 4.79 Å². The number of hydrogen-bond donors (Lipinski definition) is 1. The van der Waals surface area contributed by atoms with Crippen molar-refractivity contribution in [2.45, 2.75) is 19.4 Å². The molecular weight excluding hydrogens is 294 g/mol. The summed E-state index contributed by atoms with van der Waals surface area (Å²) < 4.78 is 5.69. The van der Waals surface area contributed by atoms with Gasteiger partial charge >= 0.3 is 0 Å². The van der Waals surface area contributed by atoms with Crippen LogP contribution in [0.25, 0.3) is 0 Å². The van der Waals surface area contributed by atoms with E-state index in [1.165, 1.54) is 0 Å². The number of carbonyl (C=O) groups is 1. The Morgan fingerprint density at radius 2 is 1.68 bits per heavy atom. The Kier molecular flexibility index (Phi) is 6.25. The second kappa shape index (κ2) is 8.41. The monoisotopic (exact) mass is 313 g/mol. The van der Waals surface area contributed by atoms with Crippen LogP contribution in [-0.4, -0.2) is 17.4 Å². The van der Waals surface area contributed by atoms with Crippen molar-refractivity contribution in [2.24, 2.45) is 0 Å². The lowest BCUT2D eigenvalue weighted by Crippen LogP contribution is -2.23. The van der Waals surface area contributed by atoms with E-state index in [4.69, 9.17) is 17.0 Å². The Hall–Kier alpha value is -2.04. The lowest BCUT2D eigenvalue weighted by atomic mass is 10.0. The summed E-state index contributed by atoms with van der Waals surface area (Å²) in [6, 6.07) is 19.2. The minimum atomic E-state index is -0.269. The number of hydrogen-bond acceptors (Lipinski definition) is 3. The van der Waals surface area contributed by atoms with Gasteiger partial charge in [0.25, 0.3) is 0 Å². The van der Waals surface area contributed by atoms with Crippen LogP contribution >= 0.6 is 12.2 Å². The maximum absolute atomic E-state index is 12.3. The summed E-state index contributed by atoms with van der Waals surface area (Å²) >= 11 is 5.20. The van der Waals surface area contributed by atoms with Crippen molar-refractivity contribution >= 4 is 28.7 Å². The summed E-state index contributed by atoms with van der Waals surface area (Å²) in [5.74, 6) is -0.124. The van der Waals surface area contributed by atoms with Crippen molar-refractivity contribution in [3.05, 3.63) is 66.2 Å². The Balaban J connectivity index is 2.00. The SMILES string of the molecule is CCOC(CC(=O)C(=S)Nc1ccccc1)c1ccccc1. The average Bonchev–Trinajstić information content (AvgIpc) is 2.56. The maximum Gasteiger partial charge on any atom is 0.193 e. The Morgan fingerprint density at radius 3 is 2.27 bits per heavy atom. The lowest BCUT2D eigenvalue weighted by Gasteiger charge is -2.17. The van der Waals surface area contributed by atoms with Crippen LogP contribution < -0.4 is 5.32 Å². The zero-order chi connectivity index (χ0) is 15.8. The first-order chi connectivity index (χ1) is 10.7. The van der Waals surface area contributed by atoms with Crippen LogP contribution in [-0.2, 0) is 9.53 Å². The molecular formula is C18H19NO2S. The molecule has 0 aliphatic heterocycles. The number of para-hydroxylation sites is 1. The molecule has 1 atom stereocenters. The first-order valence-corrected chi connectivity index (χ1v) is 7.67. The largest absolute Gasteiger partial charge is 0.373 e. The molecule has 0 heterocycles. The van der Waals surface area contributed by atoms with E-state index in [2.05, 4.69) is 5.32 Å². The number of rotatable bonds is 7. The first-order valence-electron chi connectivity index (χ1n) is 7.26. The summed E-state index contributed by atoms with van der Waals surface area (Å²) in [5, 5.41) is 2.97. The molecule has 1 unspecified atom stereocenters. The summed E-state index contributed by atoms with van der Waals surface area (Å²) in [5.41, 5.74) is 1.80. The molecule has 114 valence electrons. The average molecular weight is 313 g/mol. The number of carbonyl (C=O) groups excluding carboxylic acids is 1. The predicted octanol–water partition coefficient (Wildman–Crippen LogP) is 4.16. The third kappa shape index (κ3) is 4.76. The number of Topliss-reactive ketones (excluding diaryl/α,β-unsaturated/α-hetero) is 1. The third-order valence-electron chi connectivity index (χ3n) is 3.19. The maximum atomic E-state index is 12.3. The standard InChI is InChI=1S/C18H19NO2S/c1-2-21-17(14-9-5-3-6-10-14)13-16(20)18(22)19-15-11-7-4-8-12-15/h3-12,17H,2,13H2,1H3,(H,19,22). The molecule has 2 aromatic carbocycles. The molecule has 0 bridgehead atoms. The summed E-state index contributed by atoms with van der Waals surface area (Å²) in [6.07, 6.45) is -0.0366. The van der Waals surface area contributed by atoms with Crippen LogP contribution in [0.3, 0.4) is 0 Å². The van der Waals surface area contributed by atoms with Crippen molar-refractivity contribution in [3.63, 3.8) is 0 Å². The molecule has 0 radical (unpaired) electrons. The Morgan fingerprint density at radius 1 is 1.09 bits per heavy atom. The fourth-order valence-corrected chi connectivity index (χ4v) is 2.33. The fraction of sp³-hybridized carbons (Fsp3) is 0.222. The second-order valence-electron chi connectivity index (χ2n) is 4.80. The van der Waals surface area contributed by atoms with E-state index < -0.39 is 0 Å². The van der Waals surface area contributed by atoms with Gasteiger partial charge in [-0.15, -0.1) is 0 Å². The minimum Gasteiger partial charge on any atom is -0.373 e. The highest BCUT2D eigenvalue weighted by Crippen LogP contribution is 2.21. The molecule has 22 heavy (non-hydrogen) atoms. The molecule has 3 nitrogen and oxygen atoms in total. The third-order valence-corrected chi connectivity index (χ3v) is 3.52. The highest BCUT2D eigenvalue weighted by molar-refractivity contribution is 7.82. The molecule has 0 saturated carbocycles. The summed E-state index contributed by atoms with van der Waals surface area (Å²) in [4.78, 5) is 12.5. The van der Waals surface area contributed by atoms with E-state index in [1.807, 2.05) is 67.6 Å². The summed E-state index contributed by atoms with van der Waals surface area (Å²) in [7, 11) is 0. The molecule has 0 amide bonds. The second-order valence-corrected chi connectivity index (χ2v) is 5.21. The van der Waals surface area contributed by atoms with Crippen molar-refractivity contribution in [3.8, 4) is 0 Å². The van der Waals surface area contributed by atoms with Gasteiger partial charge in [-0.05, 0) is 24.6 Å². The van der Waals surface area contributed by atoms with Gasteiger partial charge in [0.1, 0.15) is 4.99 Å². The smallest absolute Gasteiger partial charge is 0.193 e. The van der Waals surface area contributed by atoms with Gasteiger partial charge in [0.15, 0.2) is 5.78 Å². The highest BCUT2D eigenvalue weighted by atomic mass is 32.1. The molecule has 0 aromatic heterocycles. The van der Waals surface area contributed by atoms with Gasteiger partial charge in [-0.1, -0.05) is 60.7 Å². The van der Waals surface area contributed by atoms with Gasteiger partial charge in [0.2, 0.25) is 0 Å². The van der Waals surface area contributed by atoms with E-state index in [0.29, 0.717) is 6.61 Å². The van der Waals surface area contributed by atoms with Crippen molar-refractivity contribution in [1.82, 2.24) is 0 Å². The molecule has 1 N–H and O–H groups in total. The van der Waals surface area contributed by atoms with Crippen LogP contribution in [0.2, 0.25) is 0 Å². The van der Waals surface area contributed by atoms with E-state index in [-0.39, 0.29) is 23.3 Å². The van der Waals surface area contributed by atoms with Gasteiger partial charge in [-0.2, -0.15) is 0 Å². The van der Waals surface area contributed by atoms with E-state index in [0.717, 1.165) is 11.3 Å². The van der Waals surface area contributed by atoms with Crippen molar-refractivity contribution in [1.29, 1.82) is 0 Å². The number of thiocarbonyl (C=S) groups is 1. The van der Waals surface area contributed by atoms with Crippen LogP contribution in [0.1, 0.15) is 25.0 Å². The van der Waals surface area contributed by atoms with Crippen molar-refractivity contribution < 1.29 is 9.53 Å². The van der Waals surface area contributed by atoms with Gasteiger partial charge in [-0.3, -0.25) is 4.79 Å². The van der Waals surface area contributed by atoms with Crippen LogP contribution in [0, 0.1) is 0 Å². The van der Waals surface area contributed by atoms with Crippen LogP contribution in [0.4, 0.5) is 5.69 Å². The molecule has 0 saturated heterocycles. The molecule has 2 rings (SSSR count). The van der Waals surface area contributed by atoms with Gasteiger partial charge in [0, 0.05) is 18.7 Å². The van der Waals surface area contributed by atoms with E-state index in [1.54, 1.807) is 0 Å². The number of anilines is 1. The molecule has 0 aliphatic carbocycles. The zero-order valence-corrected chi connectivity index (χ0v) is 13.3. The summed E-state index contributed by atoms with van der Waals surface area (Å²) in [6.45, 7) is 2.46. The molecule has 4 heteroatoms. The lowest BCUT2D eigenvalue weighted by molar-refractivity contribution is -0.115. The topological polar surface area (TPSA) is 38.3 Å². The quantitative estimate of drug-likeness (QED) is 0.779. The molecule has 2 aromatic rings. The molecule has 0 aliphatic rings. The predicted molar refractivity (Wildman–Crippen MR) is 93.1 cm³/mol. The highest BCUT2D eigenvalue weighted by Gasteiger charge is 2.19. The number of nitrogens with one attached hydrogen (secondary N) is 1. The Labute approximate surface area is 136 Å². The van der Waals surface area contributed by atoms with Gasteiger partial charge in [0.05, 0.1) is 6.10 Å². The minimum absolute atomic E-state index is 0.124. The molecule has 0 spiro atoms. The van der Waals surface area contributed by atoms with Gasteiger partial charge < -0.3 is 10.1 Å². The van der Waals surface area contributed by atoms with Crippen molar-refractivity contribution in [2.75, 3.05) is 11.9 Å². The van der Waals surface area contributed by atoms with Crippen LogP contribution in [0.15, 0.2) is 60.7 Å². The Bertz CT molecular complexity index is 613. The fourth-order valence-electron chi connectivity index (χ4n) is 2.13. The van der Waals surface area contributed by atoms with Gasteiger partial charge in [-0.25, -0.2) is 0 Å². The molecule has 0 fully saturated rings. The normalized spacial score (nSPS) is 11.7. The van der Waals surface area contributed by atoms with E-state index >= 15 is 0 Å². The number of ketones is 1. The number of ether oxygens (including phenoxy) is 1. The van der Waals surface area contributed by atoms with Crippen LogP contribution in [0.5, 0.6) is 0 Å². The number of benzene rings is 2. The zero-order valence-electron chi connectivity index (χ0n) is 12.5. The first kappa shape index (κ1) is 16.3.